The summed E-state index contributed by atoms with van der Waals surface area (Å²) in [6.45, 7) is 5.62. The Balaban J connectivity index is 2.47. The average molecular weight is 274 g/mol. The molecule has 1 aromatic heterocycles. The van der Waals surface area contributed by atoms with Crippen LogP contribution in [0, 0.1) is 11.7 Å². The van der Waals surface area contributed by atoms with Crippen LogP contribution >= 0.6 is 11.6 Å². The molecule has 0 N–H and O–H groups in total. The molecule has 0 saturated carbocycles. The van der Waals surface area contributed by atoms with E-state index in [1.807, 2.05) is 13.8 Å². The van der Waals surface area contributed by atoms with Crippen LogP contribution in [0.2, 0.25) is 5.28 Å². The SMILES string of the molecule is CC(C)[C@H]1[C@@H](C)OC(=O)N1c1nc(Cl)ncc1F. The highest BCUT2D eigenvalue weighted by atomic mass is 35.5. The smallest absolute Gasteiger partial charge is 0.416 e. The Bertz CT molecular complexity index is 483. The lowest BCUT2D eigenvalue weighted by atomic mass is 9.99. The van der Waals surface area contributed by atoms with E-state index in [-0.39, 0.29) is 29.2 Å². The van der Waals surface area contributed by atoms with Gasteiger partial charge in [0.05, 0.1) is 12.2 Å². The van der Waals surface area contributed by atoms with Crippen molar-refractivity contribution < 1.29 is 13.9 Å². The highest BCUT2D eigenvalue weighted by Gasteiger charge is 2.43. The van der Waals surface area contributed by atoms with E-state index in [2.05, 4.69) is 9.97 Å². The second-order valence-electron chi connectivity index (χ2n) is 4.50. The normalized spacial score (nSPS) is 23.7. The number of ether oxygens (including phenoxy) is 1. The molecule has 2 heterocycles. The van der Waals surface area contributed by atoms with E-state index in [0.29, 0.717) is 0 Å². The van der Waals surface area contributed by atoms with Gasteiger partial charge in [0.15, 0.2) is 11.6 Å². The zero-order valence-corrected chi connectivity index (χ0v) is 11.0. The summed E-state index contributed by atoms with van der Waals surface area (Å²) in [5.41, 5.74) is 0. The van der Waals surface area contributed by atoms with Gasteiger partial charge in [-0.2, -0.15) is 4.98 Å². The summed E-state index contributed by atoms with van der Waals surface area (Å²) in [6.07, 6.45) is -0.00120. The van der Waals surface area contributed by atoms with Gasteiger partial charge in [-0.25, -0.2) is 14.2 Å². The molecular weight excluding hydrogens is 261 g/mol. The molecule has 2 atom stereocenters. The molecule has 7 heteroatoms. The summed E-state index contributed by atoms with van der Waals surface area (Å²) in [7, 11) is 0. The van der Waals surface area contributed by atoms with Crippen molar-refractivity contribution in [1.82, 2.24) is 9.97 Å². The standard InChI is InChI=1S/C11H13ClFN3O2/c1-5(2)8-6(3)18-11(17)16(8)9-7(13)4-14-10(12)15-9/h4-6,8H,1-3H3/t6-,8+/m1/s1. The minimum atomic E-state index is -0.698. The van der Waals surface area contributed by atoms with Crippen molar-refractivity contribution in [2.45, 2.75) is 32.9 Å². The zero-order valence-electron chi connectivity index (χ0n) is 10.2. The van der Waals surface area contributed by atoms with E-state index in [9.17, 15) is 9.18 Å². The molecule has 0 bridgehead atoms. The number of carbonyl (C=O) groups is 1. The predicted octanol–water partition coefficient (Wildman–Crippen LogP) is 2.64. The lowest BCUT2D eigenvalue weighted by molar-refractivity contribution is 0.136. The van der Waals surface area contributed by atoms with Crippen LogP contribution in [0.1, 0.15) is 20.8 Å². The van der Waals surface area contributed by atoms with Crippen LogP contribution < -0.4 is 4.90 Å². The Morgan fingerprint density at radius 3 is 2.83 bits per heavy atom. The molecule has 1 aromatic rings. The van der Waals surface area contributed by atoms with Crippen LogP contribution in [-0.4, -0.2) is 28.2 Å². The lowest BCUT2D eigenvalue weighted by Crippen LogP contribution is -2.41. The Kier molecular flexibility index (Phi) is 3.38. The quantitative estimate of drug-likeness (QED) is 0.777. The van der Waals surface area contributed by atoms with Crippen molar-refractivity contribution in [3.8, 4) is 0 Å². The molecule has 18 heavy (non-hydrogen) atoms. The van der Waals surface area contributed by atoms with Gasteiger partial charge in [0.1, 0.15) is 6.10 Å². The molecule has 1 saturated heterocycles. The van der Waals surface area contributed by atoms with Crippen molar-refractivity contribution in [2.75, 3.05) is 4.90 Å². The maximum absolute atomic E-state index is 13.7. The van der Waals surface area contributed by atoms with Gasteiger partial charge in [0.25, 0.3) is 0 Å². The molecule has 1 fully saturated rings. The molecule has 1 aliphatic heterocycles. The van der Waals surface area contributed by atoms with Gasteiger partial charge in [0.2, 0.25) is 5.28 Å². The molecule has 0 aromatic carbocycles. The van der Waals surface area contributed by atoms with Crippen molar-refractivity contribution in [3.05, 3.63) is 17.3 Å². The summed E-state index contributed by atoms with van der Waals surface area (Å²) in [5.74, 6) is -0.737. The number of anilines is 1. The molecule has 2 rings (SSSR count). The summed E-state index contributed by atoms with van der Waals surface area (Å²) in [6, 6.07) is -0.280. The number of nitrogens with zero attached hydrogens (tertiary/aromatic N) is 3. The number of hydrogen-bond acceptors (Lipinski definition) is 4. The van der Waals surface area contributed by atoms with Gasteiger partial charge in [0, 0.05) is 0 Å². The Morgan fingerprint density at radius 2 is 2.22 bits per heavy atom. The first-order chi connectivity index (χ1) is 8.41. The van der Waals surface area contributed by atoms with E-state index in [1.54, 1.807) is 6.92 Å². The fourth-order valence-corrected chi connectivity index (χ4v) is 2.32. The molecule has 1 amide bonds. The van der Waals surface area contributed by atoms with Crippen LogP contribution in [0.3, 0.4) is 0 Å². The summed E-state index contributed by atoms with van der Waals surface area (Å²) >= 11 is 5.64. The summed E-state index contributed by atoms with van der Waals surface area (Å²) < 4.78 is 18.8. The molecule has 0 radical (unpaired) electrons. The Hall–Kier alpha value is -1.43. The number of amides is 1. The zero-order chi connectivity index (χ0) is 13.4. The van der Waals surface area contributed by atoms with Gasteiger partial charge in [-0.1, -0.05) is 13.8 Å². The van der Waals surface area contributed by atoms with Crippen LogP contribution in [0.25, 0.3) is 0 Å². The number of carbonyl (C=O) groups excluding carboxylic acids is 1. The van der Waals surface area contributed by atoms with E-state index in [0.717, 1.165) is 6.20 Å². The number of rotatable bonds is 2. The van der Waals surface area contributed by atoms with Crippen molar-refractivity contribution >= 4 is 23.5 Å². The number of aromatic nitrogens is 2. The largest absolute Gasteiger partial charge is 0.444 e. The second-order valence-corrected chi connectivity index (χ2v) is 4.84. The van der Waals surface area contributed by atoms with Crippen molar-refractivity contribution in [1.29, 1.82) is 0 Å². The highest BCUT2D eigenvalue weighted by molar-refractivity contribution is 6.28. The van der Waals surface area contributed by atoms with Crippen molar-refractivity contribution in [2.24, 2.45) is 5.92 Å². The molecule has 98 valence electrons. The third-order valence-electron chi connectivity index (χ3n) is 2.87. The monoisotopic (exact) mass is 273 g/mol. The maximum Gasteiger partial charge on any atom is 0.416 e. The molecule has 5 nitrogen and oxygen atoms in total. The summed E-state index contributed by atoms with van der Waals surface area (Å²) in [5, 5.41) is -0.110. The molecule has 0 aliphatic carbocycles. The van der Waals surface area contributed by atoms with Gasteiger partial charge in [-0.05, 0) is 24.4 Å². The van der Waals surface area contributed by atoms with Gasteiger partial charge >= 0.3 is 6.09 Å². The van der Waals surface area contributed by atoms with Crippen LogP contribution in [0.4, 0.5) is 15.0 Å². The molecular formula is C11H13ClFN3O2. The second kappa shape index (κ2) is 4.68. The number of cyclic esters (lactones) is 1. The number of halogens is 2. The van der Waals surface area contributed by atoms with Crippen molar-refractivity contribution in [3.63, 3.8) is 0 Å². The maximum atomic E-state index is 13.7. The van der Waals surface area contributed by atoms with Gasteiger partial charge in [-0.3, -0.25) is 4.90 Å². The first-order valence-electron chi connectivity index (χ1n) is 5.59. The Morgan fingerprint density at radius 1 is 1.56 bits per heavy atom. The number of hydrogen-bond donors (Lipinski definition) is 0. The van der Waals surface area contributed by atoms with E-state index in [4.69, 9.17) is 16.3 Å². The topological polar surface area (TPSA) is 55.3 Å². The van der Waals surface area contributed by atoms with E-state index >= 15 is 0 Å². The molecule has 1 aliphatic rings. The van der Waals surface area contributed by atoms with Gasteiger partial charge < -0.3 is 4.74 Å². The fraction of sp³-hybridized carbons (Fsp3) is 0.545. The van der Waals surface area contributed by atoms with Crippen LogP contribution in [0.5, 0.6) is 0 Å². The summed E-state index contributed by atoms with van der Waals surface area (Å²) in [4.78, 5) is 20.3. The minimum absolute atomic E-state index is 0.0968. The molecule has 0 unspecified atom stereocenters. The van der Waals surface area contributed by atoms with Crippen LogP contribution in [-0.2, 0) is 4.74 Å². The first kappa shape index (κ1) is 13.0. The van der Waals surface area contributed by atoms with Crippen LogP contribution in [0.15, 0.2) is 6.20 Å². The Labute approximate surface area is 109 Å². The third-order valence-corrected chi connectivity index (χ3v) is 3.05. The first-order valence-corrected chi connectivity index (χ1v) is 5.97. The van der Waals surface area contributed by atoms with E-state index < -0.39 is 11.9 Å². The highest BCUT2D eigenvalue weighted by Crippen LogP contribution is 2.31. The van der Waals surface area contributed by atoms with E-state index in [1.165, 1.54) is 4.90 Å². The molecule has 0 spiro atoms. The average Bonchev–Trinajstić information content (AvgIpc) is 2.57. The fourth-order valence-electron chi connectivity index (χ4n) is 2.19. The minimum Gasteiger partial charge on any atom is -0.444 e. The lowest BCUT2D eigenvalue weighted by Gasteiger charge is -2.25. The van der Waals surface area contributed by atoms with Gasteiger partial charge in [-0.15, -0.1) is 0 Å². The predicted molar refractivity (Wildman–Crippen MR) is 64.0 cm³/mol. The third kappa shape index (κ3) is 2.12.